The maximum atomic E-state index is 13.7. The van der Waals surface area contributed by atoms with Crippen molar-refractivity contribution in [2.24, 2.45) is 0 Å². The zero-order valence-corrected chi connectivity index (χ0v) is 14.1. The van der Waals surface area contributed by atoms with Crippen LogP contribution in [-0.2, 0) is 19.5 Å². The minimum Gasteiger partial charge on any atom is -0.508 e. The highest BCUT2D eigenvalue weighted by molar-refractivity contribution is 5.43. The smallest absolute Gasteiger partial charge is 0.123 e. The van der Waals surface area contributed by atoms with E-state index in [0.717, 1.165) is 16.7 Å². The van der Waals surface area contributed by atoms with Crippen LogP contribution >= 0.6 is 0 Å². The lowest BCUT2D eigenvalue weighted by Crippen LogP contribution is -2.34. The summed E-state index contributed by atoms with van der Waals surface area (Å²) in [6.07, 6.45) is 4.07. The van der Waals surface area contributed by atoms with Crippen molar-refractivity contribution in [1.82, 2.24) is 9.88 Å². The fraction of sp³-hybridized carbons (Fsp3) is 0.190. The van der Waals surface area contributed by atoms with Gasteiger partial charge in [-0.15, -0.1) is 0 Å². The van der Waals surface area contributed by atoms with Gasteiger partial charge in [-0.25, -0.2) is 4.39 Å². The highest BCUT2D eigenvalue weighted by Gasteiger charge is 2.29. The van der Waals surface area contributed by atoms with E-state index in [9.17, 15) is 14.6 Å². The number of benzene rings is 2. The molecule has 0 fully saturated rings. The molecule has 2 N–H and O–H groups in total. The predicted octanol–water partition coefficient (Wildman–Crippen LogP) is 3.93. The molecule has 0 bridgehead atoms. The normalized spacial score (nSPS) is 17.0. The number of phenolic OH excluding ortho intramolecular Hbond substituents is 2. The molecule has 0 amide bonds. The molecule has 2 heterocycles. The number of nitrogens with zero attached hydrogens (tertiary/aromatic N) is 2. The van der Waals surface area contributed by atoms with E-state index in [0.29, 0.717) is 25.1 Å². The Kier molecular flexibility index (Phi) is 4.31. The summed E-state index contributed by atoms with van der Waals surface area (Å²) in [7, 11) is 0. The van der Waals surface area contributed by atoms with Gasteiger partial charge in [-0.2, -0.15) is 0 Å². The molecule has 2 aromatic carbocycles. The number of halogens is 1. The average molecular weight is 350 g/mol. The van der Waals surface area contributed by atoms with Crippen molar-refractivity contribution >= 4 is 0 Å². The van der Waals surface area contributed by atoms with Crippen LogP contribution in [0.15, 0.2) is 60.9 Å². The van der Waals surface area contributed by atoms with Crippen LogP contribution in [0.2, 0.25) is 0 Å². The summed E-state index contributed by atoms with van der Waals surface area (Å²) in [6.45, 7) is 1.30. The van der Waals surface area contributed by atoms with Crippen LogP contribution in [0.25, 0.3) is 0 Å². The lowest BCUT2D eigenvalue weighted by Gasteiger charge is -2.37. The summed E-state index contributed by atoms with van der Waals surface area (Å²) < 4.78 is 13.7. The Bertz CT molecular complexity index is 931. The van der Waals surface area contributed by atoms with Crippen molar-refractivity contribution in [1.29, 1.82) is 0 Å². The Morgan fingerprint density at radius 3 is 2.62 bits per heavy atom. The monoisotopic (exact) mass is 350 g/mol. The molecule has 3 aromatic rings. The van der Waals surface area contributed by atoms with Gasteiger partial charge < -0.3 is 10.2 Å². The molecule has 1 aromatic heterocycles. The van der Waals surface area contributed by atoms with E-state index < -0.39 is 0 Å². The molecule has 1 atom stereocenters. The quantitative estimate of drug-likeness (QED) is 0.703. The summed E-state index contributed by atoms with van der Waals surface area (Å²) in [5.41, 5.74) is 3.77. The van der Waals surface area contributed by atoms with Gasteiger partial charge in [-0.1, -0.05) is 6.07 Å². The van der Waals surface area contributed by atoms with Crippen LogP contribution in [0.5, 0.6) is 11.5 Å². The lowest BCUT2D eigenvalue weighted by molar-refractivity contribution is 0.160. The molecule has 26 heavy (non-hydrogen) atoms. The first-order valence-electron chi connectivity index (χ1n) is 8.52. The number of hydrogen-bond acceptors (Lipinski definition) is 4. The van der Waals surface area contributed by atoms with E-state index in [1.54, 1.807) is 24.5 Å². The first-order valence-corrected chi connectivity index (χ1v) is 8.52. The van der Waals surface area contributed by atoms with Gasteiger partial charge >= 0.3 is 0 Å². The largest absolute Gasteiger partial charge is 0.508 e. The van der Waals surface area contributed by atoms with Crippen LogP contribution < -0.4 is 0 Å². The van der Waals surface area contributed by atoms with Crippen LogP contribution in [0, 0.1) is 5.82 Å². The Balaban J connectivity index is 1.75. The summed E-state index contributed by atoms with van der Waals surface area (Å²) in [4.78, 5) is 6.28. The molecule has 4 nitrogen and oxygen atoms in total. The Morgan fingerprint density at radius 2 is 1.81 bits per heavy atom. The zero-order valence-electron chi connectivity index (χ0n) is 14.1. The SMILES string of the molecule is Oc1ccc(O)c(C2Cc3cc(F)ccc3CN2Cc2ccncc2)c1. The summed E-state index contributed by atoms with van der Waals surface area (Å²) in [5.74, 6) is -0.0238. The second-order valence-electron chi connectivity index (χ2n) is 6.64. The maximum Gasteiger partial charge on any atom is 0.123 e. The van der Waals surface area contributed by atoms with Crippen molar-refractivity contribution < 1.29 is 14.6 Å². The first kappa shape index (κ1) is 16.5. The van der Waals surface area contributed by atoms with Gasteiger partial charge in [0.15, 0.2) is 0 Å². The van der Waals surface area contributed by atoms with E-state index >= 15 is 0 Å². The van der Waals surface area contributed by atoms with E-state index in [4.69, 9.17) is 0 Å². The van der Waals surface area contributed by atoms with Gasteiger partial charge in [0.2, 0.25) is 0 Å². The second-order valence-corrected chi connectivity index (χ2v) is 6.64. The van der Waals surface area contributed by atoms with Crippen LogP contribution in [0.3, 0.4) is 0 Å². The molecular formula is C21H19FN2O2. The first-order chi connectivity index (χ1) is 12.6. The maximum absolute atomic E-state index is 13.7. The van der Waals surface area contributed by atoms with Crippen LogP contribution in [-0.4, -0.2) is 20.1 Å². The Labute approximate surface area is 151 Å². The third-order valence-corrected chi connectivity index (χ3v) is 4.90. The van der Waals surface area contributed by atoms with Gasteiger partial charge in [0, 0.05) is 37.1 Å². The van der Waals surface area contributed by atoms with Gasteiger partial charge in [0.05, 0.1) is 0 Å². The topological polar surface area (TPSA) is 56.6 Å². The molecule has 0 radical (unpaired) electrons. The Hall–Kier alpha value is -2.92. The molecule has 0 saturated heterocycles. The highest BCUT2D eigenvalue weighted by Crippen LogP contribution is 2.39. The second kappa shape index (κ2) is 6.77. The summed E-state index contributed by atoms with van der Waals surface area (Å²) in [5, 5.41) is 20.2. The van der Waals surface area contributed by atoms with Crippen LogP contribution in [0.1, 0.15) is 28.3 Å². The minimum absolute atomic E-state index is 0.103. The van der Waals surface area contributed by atoms with Crippen molar-refractivity contribution in [2.75, 3.05) is 0 Å². The number of fused-ring (bicyclic) bond motifs is 1. The van der Waals surface area contributed by atoms with Crippen molar-refractivity contribution in [3.05, 3.63) is 89.0 Å². The Morgan fingerprint density at radius 1 is 1.00 bits per heavy atom. The van der Waals surface area contributed by atoms with Crippen LogP contribution in [0.4, 0.5) is 4.39 Å². The van der Waals surface area contributed by atoms with E-state index in [-0.39, 0.29) is 23.4 Å². The van der Waals surface area contributed by atoms with E-state index in [1.165, 1.54) is 18.2 Å². The number of rotatable bonds is 3. The number of aromatic nitrogens is 1. The molecule has 0 saturated carbocycles. The molecule has 1 aliphatic rings. The average Bonchev–Trinajstić information content (AvgIpc) is 2.64. The van der Waals surface area contributed by atoms with E-state index in [2.05, 4.69) is 9.88 Å². The molecule has 4 rings (SSSR count). The number of hydrogen-bond donors (Lipinski definition) is 2. The number of aromatic hydroxyl groups is 2. The summed E-state index contributed by atoms with van der Waals surface area (Å²) >= 11 is 0. The van der Waals surface area contributed by atoms with Gasteiger partial charge in [-0.3, -0.25) is 9.88 Å². The predicted molar refractivity (Wildman–Crippen MR) is 96.1 cm³/mol. The van der Waals surface area contributed by atoms with Gasteiger partial charge in [0.1, 0.15) is 17.3 Å². The zero-order chi connectivity index (χ0) is 18.1. The van der Waals surface area contributed by atoms with Crippen molar-refractivity contribution in [3.8, 4) is 11.5 Å². The molecule has 0 aliphatic carbocycles. The standard InChI is InChI=1S/C21H19FN2O2/c22-17-2-1-15-13-24(12-14-5-7-23-8-6-14)20(10-16(15)9-17)19-11-18(25)3-4-21(19)26/h1-9,11,20,25-26H,10,12-13H2. The van der Waals surface area contributed by atoms with Crippen molar-refractivity contribution in [2.45, 2.75) is 25.6 Å². The number of pyridine rings is 1. The van der Waals surface area contributed by atoms with Gasteiger partial charge in [-0.05, 0) is 65.6 Å². The minimum atomic E-state index is -0.259. The third kappa shape index (κ3) is 3.26. The summed E-state index contributed by atoms with van der Waals surface area (Å²) in [6, 6.07) is 13.2. The fourth-order valence-electron chi connectivity index (χ4n) is 3.61. The molecule has 1 aliphatic heterocycles. The van der Waals surface area contributed by atoms with E-state index in [1.807, 2.05) is 18.2 Å². The molecule has 5 heteroatoms. The molecule has 1 unspecified atom stereocenters. The highest BCUT2D eigenvalue weighted by atomic mass is 19.1. The molecular weight excluding hydrogens is 331 g/mol. The third-order valence-electron chi connectivity index (χ3n) is 4.90. The lowest BCUT2D eigenvalue weighted by atomic mass is 9.89. The molecule has 0 spiro atoms. The fourth-order valence-corrected chi connectivity index (χ4v) is 3.61. The molecule has 132 valence electrons. The van der Waals surface area contributed by atoms with Gasteiger partial charge in [0.25, 0.3) is 0 Å². The number of phenols is 2. The van der Waals surface area contributed by atoms with Crippen molar-refractivity contribution in [3.63, 3.8) is 0 Å².